The van der Waals surface area contributed by atoms with Gasteiger partial charge in [-0.3, -0.25) is 9.59 Å². The van der Waals surface area contributed by atoms with Crippen molar-refractivity contribution in [1.29, 1.82) is 0 Å². The van der Waals surface area contributed by atoms with Gasteiger partial charge in [0.2, 0.25) is 0 Å². The van der Waals surface area contributed by atoms with E-state index in [4.69, 9.17) is 5.11 Å². The van der Waals surface area contributed by atoms with Crippen molar-refractivity contribution in [2.75, 3.05) is 26.2 Å². The van der Waals surface area contributed by atoms with Gasteiger partial charge in [-0.25, -0.2) is 0 Å². The lowest BCUT2D eigenvalue weighted by atomic mass is 10.1. The van der Waals surface area contributed by atoms with Gasteiger partial charge in [0.25, 0.3) is 5.91 Å². The molecule has 112 valence electrons. The lowest BCUT2D eigenvalue weighted by Crippen LogP contribution is -2.33. The zero-order valence-corrected chi connectivity index (χ0v) is 11.3. The highest BCUT2D eigenvalue weighted by Crippen LogP contribution is 2.26. The van der Waals surface area contributed by atoms with E-state index < -0.39 is 0 Å². The number of benzene rings is 1. The van der Waals surface area contributed by atoms with E-state index in [1.165, 1.54) is 12.1 Å². The second-order valence-electron chi connectivity index (χ2n) is 4.49. The number of aromatic amines is 1. The van der Waals surface area contributed by atoms with Crippen molar-refractivity contribution < 1.29 is 19.8 Å². The third-order valence-corrected chi connectivity index (χ3v) is 3.06. The summed E-state index contributed by atoms with van der Waals surface area (Å²) < 4.78 is 0. The number of H-pyrrole nitrogens is 1. The first kappa shape index (κ1) is 15.0. The molecule has 2 aromatic rings. The fraction of sp³-hybridized carbons (Fsp3) is 0.286. The van der Waals surface area contributed by atoms with Gasteiger partial charge >= 0.3 is 0 Å². The minimum absolute atomic E-state index is 0.0495. The van der Waals surface area contributed by atoms with E-state index in [0.717, 1.165) is 0 Å². The van der Waals surface area contributed by atoms with Gasteiger partial charge < -0.3 is 25.8 Å². The Morgan fingerprint density at radius 1 is 1.29 bits per heavy atom. The molecule has 0 unspecified atom stereocenters. The van der Waals surface area contributed by atoms with E-state index in [2.05, 4.69) is 15.6 Å². The second-order valence-corrected chi connectivity index (χ2v) is 4.49. The summed E-state index contributed by atoms with van der Waals surface area (Å²) in [6.07, 6.45) is 0.562. The van der Waals surface area contributed by atoms with E-state index in [9.17, 15) is 14.7 Å². The summed E-state index contributed by atoms with van der Waals surface area (Å²) in [6.45, 7) is 1.49. The number of carbonyl (C=O) groups is 2. The van der Waals surface area contributed by atoms with Crippen molar-refractivity contribution >= 4 is 23.1 Å². The van der Waals surface area contributed by atoms with E-state index in [1.807, 2.05) is 0 Å². The van der Waals surface area contributed by atoms with Crippen molar-refractivity contribution in [2.45, 2.75) is 0 Å². The average molecular weight is 291 g/mol. The fourth-order valence-corrected chi connectivity index (χ4v) is 2.02. The average Bonchev–Trinajstić information content (AvgIpc) is 2.91. The van der Waals surface area contributed by atoms with Crippen LogP contribution in [0.25, 0.3) is 10.9 Å². The summed E-state index contributed by atoms with van der Waals surface area (Å²) in [5, 5.41) is 24.4. The Bertz CT molecular complexity index is 651. The van der Waals surface area contributed by atoms with Crippen molar-refractivity contribution in [1.82, 2.24) is 15.6 Å². The molecule has 0 saturated carbocycles. The highest BCUT2D eigenvalue weighted by molar-refractivity contribution is 6.04. The molecule has 7 heteroatoms. The number of rotatable bonds is 7. The standard InChI is InChI=1S/C14H17N3O4/c18-6-5-15-3-4-16-14(21)12-7-9-10(8-19)13(20)2-1-11(9)17-12/h1-2,7-8,15,17-18,20H,3-6H2,(H,16,21). The molecule has 0 spiro atoms. The van der Waals surface area contributed by atoms with E-state index in [1.54, 1.807) is 6.07 Å². The number of carbonyl (C=O) groups excluding carboxylic acids is 2. The first-order valence-corrected chi connectivity index (χ1v) is 6.57. The number of fused-ring (bicyclic) bond motifs is 1. The highest BCUT2D eigenvalue weighted by Gasteiger charge is 2.13. The van der Waals surface area contributed by atoms with Crippen LogP contribution in [0.1, 0.15) is 20.8 Å². The van der Waals surface area contributed by atoms with Gasteiger partial charge in [-0.1, -0.05) is 0 Å². The maximum absolute atomic E-state index is 12.0. The number of aliphatic hydroxyl groups excluding tert-OH is 1. The number of aromatic hydroxyl groups is 1. The summed E-state index contributed by atoms with van der Waals surface area (Å²) in [5.41, 5.74) is 1.09. The molecule has 0 bridgehead atoms. The molecule has 1 aromatic carbocycles. The topological polar surface area (TPSA) is 114 Å². The summed E-state index contributed by atoms with van der Waals surface area (Å²) in [6, 6.07) is 4.55. The van der Waals surface area contributed by atoms with Gasteiger partial charge in [0.15, 0.2) is 6.29 Å². The van der Waals surface area contributed by atoms with Crippen molar-refractivity contribution in [3.05, 3.63) is 29.5 Å². The Morgan fingerprint density at radius 3 is 2.81 bits per heavy atom. The molecule has 5 N–H and O–H groups in total. The van der Waals surface area contributed by atoms with Gasteiger partial charge in [-0.15, -0.1) is 0 Å². The molecule has 1 heterocycles. The Kier molecular flexibility index (Phi) is 4.91. The smallest absolute Gasteiger partial charge is 0.267 e. The number of aliphatic hydroxyl groups is 1. The summed E-state index contributed by atoms with van der Waals surface area (Å²) in [7, 11) is 0. The lowest BCUT2D eigenvalue weighted by molar-refractivity contribution is 0.0949. The Hall–Kier alpha value is -2.38. The van der Waals surface area contributed by atoms with Crippen LogP contribution in [0.2, 0.25) is 0 Å². The highest BCUT2D eigenvalue weighted by atomic mass is 16.3. The van der Waals surface area contributed by atoms with Crippen LogP contribution < -0.4 is 10.6 Å². The molecule has 7 nitrogen and oxygen atoms in total. The van der Waals surface area contributed by atoms with Crippen molar-refractivity contribution in [3.63, 3.8) is 0 Å². The minimum Gasteiger partial charge on any atom is -0.507 e. The van der Waals surface area contributed by atoms with E-state index >= 15 is 0 Å². The van der Waals surface area contributed by atoms with Crippen LogP contribution in [0, 0.1) is 0 Å². The Labute approximate surface area is 121 Å². The molecule has 21 heavy (non-hydrogen) atoms. The number of aldehydes is 1. The van der Waals surface area contributed by atoms with Crippen LogP contribution in [0.15, 0.2) is 18.2 Å². The number of hydrogen-bond acceptors (Lipinski definition) is 5. The van der Waals surface area contributed by atoms with Crippen LogP contribution in [0.3, 0.4) is 0 Å². The molecule has 0 aliphatic carbocycles. The molecule has 0 fully saturated rings. The number of phenolic OH excluding ortho intramolecular Hbond substituents is 1. The summed E-state index contributed by atoms with van der Waals surface area (Å²) in [5.74, 6) is -0.412. The third-order valence-electron chi connectivity index (χ3n) is 3.06. The molecule has 1 amide bonds. The van der Waals surface area contributed by atoms with Crippen LogP contribution >= 0.6 is 0 Å². The van der Waals surface area contributed by atoms with Gasteiger partial charge in [0, 0.05) is 30.5 Å². The molecule has 0 radical (unpaired) electrons. The van der Waals surface area contributed by atoms with Crippen LogP contribution in [0.5, 0.6) is 5.75 Å². The fourth-order valence-electron chi connectivity index (χ4n) is 2.02. The predicted molar refractivity (Wildman–Crippen MR) is 77.6 cm³/mol. The largest absolute Gasteiger partial charge is 0.507 e. The van der Waals surface area contributed by atoms with E-state index in [0.29, 0.717) is 42.5 Å². The number of hydrogen-bond donors (Lipinski definition) is 5. The Morgan fingerprint density at radius 2 is 2.10 bits per heavy atom. The van der Waals surface area contributed by atoms with Crippen LogP contribution in [-0.4, -0.2) is 53.6 Å². The zero-order valence-electron chi connectivity index (χ0n) is 11.3. The second kappa shape index (κ2) is 6.87. The molecule has 1 aromatic heterocycles. The number of nitrogens with one attached hydrogen (secondary N) is 3. The number of phenols is 1. The molecule has 0 aliphatic rings. The molecular weight excluding hydrogens is 274 g/mol. The van der Waals surface area contributed by atoms with E-state index in [-0.39, 0.29) is 23.8 Å². The van der Waals surface area contributed by atoms with Gasteiger partial charge in [0.1, 0.15) is 11.4 Å². The molecule has 0 aliphatic heterocycles. The Balaban J connectivity index is 2.08. The number of aromatic nitrogens is 1. The quantitative estimate of drug-likeness (QED) is 0.364. The first-order valence-electron chi connectivity index (χ1n) is 6.57. The minimum atomic E-state index is -0.298. The van der Waals surface area contributed by atoms with Crippen molar-refractivity contribution in [2.24, 2.45) is 0 Å². The van der Waals surface area contributed by atoms with Crippen LogP contribution in [0.4, 0.5) is 0 Å². The first-order chi connectivity index (χ1) is 10.2. The lowest BCUT2D eigenvalue weighted by Gasteiger charge is -2.04. The maximum Gasteiger partial charge on any atom is 0.267 e. The van der Waals surface area contributed by atoms with Gasteiger partial charge in [0.05, 0.1) is 12.2 Å². The monoisotopic (exact) mass is 291 g/mol. The molecule has 0 atom stereocenters. The number of amides is 1. The molecule has 0 saturated heterocycles. The summed E-state index contributed by atoms with van der Waals surface area (Å²) >= 11 is 0. The molecule has 2 rings (SSSR count). The summed E-state index contributed by atoms with van der Waals surface area (Å²) in [4.78, 5) is 25.9. The SMILES string of the molecule is O=Cc1c(O)ccc2[nH]c(C(=O)NCCNCCO)cc12. The molecular formula is C14H17N3O4. The zero-order chi connectivity index (χ0) is 15.2. The van der Waals surface area contributed by atoms with Crippen molar-refractivity contribution in [3.8, 4) is 5.75 Å². The van der Waals surface area contributed by atoms with Gasteiger partial charge in [-0.2, -0.15) is 0 Å². The third kappa shape index (κ3) is 3.39. The van der Waals surface area contributed by atoms with Gasteiger partial charge in [-0.05, 0) is 18.2 Å². The normalized spacial score (nSPS) is 10.7. The predicted octanol–water partition coefficient (Wildman–Crippen LogP) is -0.00230. The maximum atomic E-state index is 12.0. The van der Waals surface area contributed by atoms with Crippen LogP contribution in [-0.2, 0) is 0 Å².